The van der Waals surface area contributed by atoms with Crippen LogP contribution in [0.3, 0.4) is 0 Å². The van der Waals surface area contributed by atoms with E-state index < -0.39 is 0 Å². The van der Waals surface area contributed by atoms with Crippen molar-refractivity contribution < 1.29 is 19.1 Å². The molecule has 0 spiro atoms. The highest BCUT2D eigenvalue weighted by Gasteiger charge is 2.35. The van der Waals surface area contributed by atoms with Gasteiger partial charge in [0, 0.05) is 15.1 Å². The van der Waals surface area contributed by atoms with E-state index in [2.05, 4.69) is 22.5 Å². The molecule has 1 aliphatic rings. The van der Waals surface area contributed by atoms with E-state index in [4.69, 9.17) is 21.1 Å². The molecule has 5 nitrogen and oxygen atoms in total. The molecule has 0 saturated carbocycles. The Hall–Kier alpha value is -3.00. The minimum Gasteiger partial charge on any atom is -0.493 e. The third-order valence-electron chi connectivity index (χ3n) is 5.49. The van der Waals surface area contributed by atoms with Crippen molar-refractivity contribution in [2.24, 2.45) is 0 Å². The van der Waals surface area contributed by atoms with Crippen LogP contribution in [0, 0.1) is 0 Å². The van der Waals surface area contributed by atoms with Gasteiger partial charge in [0.25, 0.3) is 11.1 Å². The standard InChI is InChI=1S/C28H23BrClNO4S/c1-3-6-20-13-19(14-24(34-2)26(20)35-17-18-9-11-22(29)12-10-18)15-25-27(32)31(28(33)36-25)16-21-7-4-5-8-23(21)30/h3-5,7-15H,1,6,16-17H2,2H3/b25-15-. The van der Waals surface area contributed by atoms with E-state index in [9.17, 15) is 9.59 Å². The second-order valence-corrected chi connectivity index (χ2v) is 10.3. The Bertz CT molecular complexity index is 1340. The van der Waals surface area contributed by atoms with Gasteiger partial charge in [-0.1, -0.05) is 63.9 Å². The van der Waals surface area contributed by atoms with Crippen molar-refractivity contribution in [3.05, 3.63) is 110 Å². The number of hydrogen-bond donors (Lipinski definition) is 0. The molecule has 0 bridgehead atoms. The van der Waals surface area contributed by atoms with E-state index in [0.29, 0.717) is 40.0 Å². The van der Waals surface area contributed by atoms with E-state index in [0.717, 1.165) is 32.9 Å². The summed E-state index contributed by atoms with van der Waals surface area (Å²) in [4.78, 5) is 27.2. The van der Waals surface area contributed by atoms with Crippen LogP contribution in [0.4, 0.5) is 4.79 Å². The second kappa shape index (κ2) is 11.8. The van der Waals surface area contributed by atoms with Gasteiger partial charge in [-0.05, 0) is 71.3 Å². The minimum atomic E-state index is -0.357. The fraction of sp³-hybridized carbons (Fsp3) is 0.143. The predicted octanol–water partition coefficient (Wildman–Crippen LogP) is 7.66. The van der Waals surface area contributed by atoms with Crippen LogP contribution in [0.5, 0.6) is 11.5 Å². The largest absolute Gasteiger partial charge is 0.493 e. The number of ether oxygens (including phenoxy) is 2. The highest BCUT2D eigenvalue weighted by Crippen LogP contribution is 2.38. The molecule has 0 atom stereocenters. The van der Waals surface area contributed by atoms with Gasteiger partial charge in [0.15, 0.2) is 11.5 Å². The van der Waals surface area contributed by atoms with Crippen molar-refractivity contribution in [1.82, 2.24) is 4.90 Å². The van der Waals surface area contributed by atoms with Crippen molar-refractivity contribution in [3.63, 3.8) is 0 Å². The molecule has 1 fully saturated rings. The number of allylic oxidation sites excluding steroid dienone is 1. The van der Waals surface area contributed by atoms with Gasteiger partial charge in [0.1, 0.15) is 6.61 Å². The molecule has 8 heteroatoms. The molecule has 0 aliphatic carbocycles. The van der Waals surface area contributed by atoms with Crippen LogP contribution in [0.1, 0.15) is 22.3 Å². The number of thioether (sulfide) groups is 1. The molecule has 0 radical (unpaired) electrons. The van der Waals surface area contributed by atoms with Crippen LogP contribution < -0.4 is 9.47 Å². The first-order chi connectivity index (χ1) is 17.4. The smallest absolute Gasteiger partial charge is 0.293 e. The predicted molar refractivity (Wildman–Crippen MR) is 148 cm³/mol. The Kier molecular flexibility index (Phi) is 8.56. The number of methoxy groups -OCH3 is 1. The summed E-state index contributed by atoms with van der Waals surface area (Å²) in [5.41, 5.74) is 3.32. The van der Waals surface area contributed by atoms with E-state index >= 15 is 0 Å². The van der Waals surface area contributed by atoms with Crippen LogP contribution >= 0.6 is 39.3 Å². The molecule has 0 unspecified atom stereocenters. The van der Waals surface area contributed by atoms with Gasteiger partial charge in [-0.25, -0.2) is 0 Å². The van der Waals surface area contributed by atoms with Crippen LogP contribution in [-0.4, -0.2) is 23.2 Å². The summed E-state index contributed by atoms with van der Waals surface area (Å²) in [6.07, 6.45) is 4.02. The number of amides is 2. The van der Waals surface area contributed by atoms with Gasteiger partial charge in [-0.2, -0.15) is 0 Å². The minimum absolute atomic E-state index is 0.121. The number of hydrogen-bond acceptors (Lipinski definition) is 5. The molecule has 0 N–H and O–H groups in total. The molecule has 2 amide bonds. The van der Waals surface area contributed by atoms with Crippen LogP contribution in [0.2, 0.25) is 5.02 Å². The molecule has 1 saturated heterocycles. The summed E-state index contributed by atoms with van der Waals surface area (Å²) >= 11 is 10.6. The van der Waals surface area contributed by atoms with Gasteiger partial charge in [0.2, 0.25) is 0 Å². The molecule has 36 heavy (non-hydrogen) atoms. The lowest BCUT2D eigenvalue weighted by molar-refractivity contribution is -0.123. The molecular formula is C28H23BrClNO4S. The summed E-state index contributed by atoms with van der Waals surface area (Å²) < 4.78 is 12.8. The van der Waals surface area contributed by atoms with E-state index in [1.165, 1.54) is 4.90 Å². The topological polar surface area (TPSA) is 55.8 Å². The van der Waals surface area contributed by atoms with Crippen molar-refractivity contribution in [2.45, 2.75) is 19.6 Å². The fourth-order valence-corrected chi connectivity index (χ4v) is 5.01. The average molecular weight is 585 g/mol. The molecule has 4 rings (SSSR count). The van der Waals surface area contributed by atoms with Crippen molar-refractivity contribution in [3.8, 4) is 11.5 Å². The normalized spacial score (nSPS) is 14.4. The van der Waals surface area contributed by atoms with Crippen LogP contribution in [0.15, 0.2) is 82.7 Å². The van der Waals surface area contributed by atoms with Gasteiger partial charge >= 0.3 is 0 Å². The molecule has 184 valence electrons. The van der Waals surface area contributed by atoms with Crippen molar-refractivity contribution >= 4 is 56.5 Å². The van der Waals surface area contributed by atoms with Gasteiger partial charge in [0.05, 0.1) is 18.6 Å². The van der Waals surface area contributed by atoms with Gasteiger partial charge in [-0.15, -0.1) is 6.58 Å². The zero-order valence-corrected chi connectivity index (χ0v) is 22.7. The summed E-state index contributed by atoms with van der Waals surface area (Å²) in [6.45, 7) is 4.34. The maximum Gasteiger partial charge on any atom is 0.293 e. The first-order valence-corrected chi connectivity index (χ1v) is 13.1. The lowest BCUT2D eigenvalue weighted by Crippen LogP contribution is -2.27. The zero-order valence-electron chi connectivity index (χ0n) is 19.5. The number of halogens is 2. The Morgan fingerprint density at radius 1 is 1.08 bits per heavy atom. The van der Waals surface area contributed by atoms with Gasteiger partial charge in [-0.3, -0.25) is 14.5 Å². The van der Waals surface area contributed by atoms with E-state index in [-0.39, 0.29) is 17.7 Å². The molecule has 0 aromatic heterocycles. The van der Waals surface area contributed by atoms with E-state index in [1.807, 2.05) is 36.4 Å². The van der Waals surface area contributed by atoms with E-state index in [1.54, 1.807) is 43.5 Å². The molecule has 3 aromatic rings. The molecule has 3 aromatic carbocycles. The summed E-state index contributed by atoms with van der Waals surface area (Å²) in [6, 6.07) is 18.8. The second-order valence-electron chi connectivity index (χ2n) is 7.98. The number of rotatable bonds is 9. The SMILES string of the molecule is C=CCc1cc(/C=C2\SC(=O)N(Cc3ccccc3Cl)C2=O)cc(OC)c1OCc1ccc(Br)cc1. The van der Waals surface area contributed by atoms with Crippen LogP contribution in [0.25, 0.3) is 6.08 Å². The summed E-state index contributed by atoms with van der Waals surface area (Å²) in [5, 5.41) is 0.178. The Morgan fingerprint density at radius 3 is 2.53 bits per heavy atom. The molecule has 1 heterocycles. The number of carbonyl (C=O) groups is 2. The Labute approximate surface area is 227 Å². The van der Waals surface area contributed by atoms with Crippen molar-refractivity contribution in [1.29, 1.82) is 0 Å². The lowest BCUT2D eigenvalue weighted by Gasteiger charge is -2.16. The monoisotopic (exact) mass is 583 g/mol. The van der Waals surface area contributed by atoms with Crippen LogP contribution in [-0.2, 0) is 24.4 Å². The number of imide groups is 1. The zero-order chi connectivity index (χ0) is 25.7. The third kappa shape index (κ3) is 6.03. The highest BCUT2D eigenvalue weighted by atomic mass is 79.9. The molecule has 1 aliphatic heterocycles. The number of benzene rings is 3. The third-order valence-corrected chi connectivity index (χ3v) is 7.30. The summed E-state index contributed by atoms with van der Waals surface area (Å²) in [5.74, 6) is 0.794. The Balaban J connectivity index is 1.59. The quantitative estimate of drug-likeness (QED) is 0.191. The average Bonchev–Trinajstić information content (AvgIpc) is 3.12. The first-order valence-electron chi connectivity index (χ1n) is 11.1. The Morgan fingerprint density at radius 2 is 1.83 bits per heavy atom. The maximum atomic E-state index is 13.0. The molecular weight excluding hydrogens is 562 g/mol. The summed E-state index contributed by atoms with van der Waals surface area (Å²) in [7, 11) is 1.57. The van der Waals surface area contributed by atoms with Gasteiger partial charge < -0.3 is 9.47 Å². The van der Waals surface area contributed by atoms with Crippen molar-refractivity contribution in [2.75, 3.05) is 7.11 Å². The lowest BCUT2D eigenvalue weighted by atomic mass is 10.0. The number of nitrogens with zero attached hydrogens (tertiary/aromatic N) is 1. The maximum absolute atomic E-state index is 13.0. The highest BCUT2D eigenvalue weighted by molar-refractivity contribution is 9.10. The first kappa shape index (κ1) is 26.1. The number of carbonyl (C=O) groups excluding carboxylic acids is 2. The fourth-order valence-electron chi connectivity index (χ4n) is 3.71.